The van der Waals surface area contributed by atoms with Crippen molar-refractivity contribution in [3.05, 3.63) is 41.7 Å². The Balaban J connectivity index is 2.49. The minimum Gasteiger partial charge on any atom is -0.392 e. The SMILES string of the molecule is Cn1cc(-c2ccc(CO)cc2)c(C(F)(F)F)n1. The molecule has 0 fully saturated rings. The number of hydrogen-bond donors (Lipinski definition) is 1. The molecule has 0 amide bonds. The Labute approximate surface area is 101 Å². The maximum absolute atomic E-state index is 12.8. The van der Waals surface area contributed by atoms with E-state index in [1.54, 1.807) is 12.1 Å². The van der Waals surface area contributed by atoms with Crippen LogP contribution in [-0.2, 0) is 19.8 Å². The number of aromatic nitrogens is 2. The summed E-state index contributed by atoms with van der Waals surface area (Å²) in [5.74, 6) is 0. The molecule has 0 saturated carbocycles. The monoisotopic (exact) mass is 256 g/mol. The first-order chi connectivity index (χ1) is 8.41. The molecular weight excluding hydrogens is 245 g/mol. The minimum absolute atomic E-state index is 0.0366. The molecule has 96 valence electrons. The van der Waals surface area contributed by atoms with Crippen molar-refractivity contribution in [2.45, 2.75) is 12.8 Å². The fourth-order valence-corrected chi connectivity index (χ4v) is 1.70. The predicted octanol–water partition coefficient (Wildman–Crippen LogP) is 2.60. The summed E-state index contributed by atoms with van der Waals surface area (Å²) >= 11 is 0. The van der Waals surface area contributed by atoms with E-state index in [0.29, 0.717) is 11.1 Å². The first-order valence-corrected chi connectivity index (χ1v) is 5.23. The number of aliphatic hydroxyl groups is 1. The van der Waals surface area contributed by atoms with Gasteiger partial charge in [-0.2, -0.15) is 18.3 Å². The van der Waals surface area contributed by atoms with Gasteiger partial charge in [-0.3, -0.25) is 4.68 Å². The summed E-state index contributed by atoms with van der Waals surface area (Å²) in [6, 6.07) is 6.25. The van der Waals surface area contributed by atoms with Crippen LogP contribution >= 0.6 is 0 Å². The van der Waals surface area contributed by atoms with Gasteiger partial charge in [-0.05, 0) is 11.1 Å². The molecule has 0 radical (unpaired) electrons. The zero-order valence-corrected chi connectivity index (χ0v) is 9.57. The molecular formula is C12H11F3N2O. The Hall–Kier alpha value is -1.82. The van der Waals surface area contributed by atoms with Crippen LogP contribution in [0.4, 0.5) is 13.2 Å². The quantitative estimate of drug-likeness (QED) is 0.896. The molecule has 0 saturated heterocycles. The van der Waals surface area contributed by atoms with Gasteiger partial charge >= 0.3 is 6.18 Å². The molecule has 1 aromatic heterocycles. The summed E-state index contributed by atoms with van der Waals surface area (Å²) in [6.07, 6.45) is -3.15. The van der Waals surface area contributed by atoms with Gasteiger partial charge in [0.05, 0.1) is 6.61 Å². The van der Waals surface area contributed by atoms with E-state index in [4.69, 9.17) is 5.11 Å². The van der Waals surface area contributed by atoms with Crippen LogP contribution in [0, 0.1) is 0 Å². The van der Waals surface area contributed by atoms with E-state index >= 15 is 0 Å². The fourth-order valence-electron chi connectivity index (χ4n) is 1.70. The van der Waals surface area contributed by atoms with E-state index in [2.05, 4.69) is 5.10 Å². The van der Waals surface area contributed by atoms with Crippen molar-refractivity contribution in [3.63, 3.8) is 0 Å². The van der Waals surface area contributed by atoms with E-state index in [1.807, 2.05) is 0 Å². The zero-order valence-electron chi connectivity index (χ0n) is 9.57. The van der Waals surface area contributed by atoms with Gasteiger partial charge in [-0.1, -0.05) is 24.3 Å². The van der Waals surface area contributed by atoms with Crippen LogP contribution in [-0.4, -0.2) is 14.9 Å². The van der Waals surface area contributed by atoms with E-state index in [9.17, 15) is 13.2 Å². The molecule has 0 spiro atoms. The highest BCUT2D eigenvalue weighted by Gasteiger charge is 2.37. The molecule has 2 rings (SSSR count). The van der Waals surface area contributed by atoms with Crippen LogP contribution in [0.2, 0.25) is 0 Å². The molecule has 0 aliphatic carbocycles. The van der Waals surface area contributed by atoms with E-state index in [1.165, 1.54) is 25.4 Å². The molecule has 1 aromatic carbocycles. The van der Waals surface area contributed by atoms with Gasteiger partial charge in [-0.15, -0.1) is 0 Å². The highest BCUT2D eigenvalue weighted by atomic mass is 19.4. The molecule has 1 heterocycles. The average Bonchev–Trinajstić information content (AvgIpc) is 2.71. The molecule has 2 aromatic rings. The van der Waals surface area contributed by atoms with Crippen molar-refractivity contribution in [1.82, 2.24) is 9.78 Å². The standard InChI is InChI=1S/C12H11F3N2O/c1-17-6-10(11(16-17)12(13,14)15)9-4-2-8(7-18)3-5-9/h2-6,18H,7H2,1H3. The summed E-state index contributed by atoms with van der Waals surface area (Å²) in [5, 5.41) is 12.3. The van der Waals surface area contributed by atoms with Crippen molar-refractivity contribution < 1.29 is 18.3 Å². The molecule has 6 heteroatoms. The van der Waals surface area contributed by atoms with Crippen molar-refractivity contribution in [2.75, 3.05) is 0 Å². The lowest BCUT2D eigenvalue weighted by atomic mass is 10.0. The number of aliphatic hydroxyl groups excluding tert-OH is 1. The Morgan fingerprint density at radius 2 is 1.83 bits per heavy atom. The maximum Gasteiger partial charge on any atom is 0.435 e. The highest BCUT2D eigenvalue weighted by Crippen LogP contribution is 2.35. The van der Waals surface area contributed by atoms with Crippen LogP contribution in [0.3, 0.4) is 0 Å². The van der Waals surface area contributed by atoms with Gasteiger partial charge in [0.15, 0.2) is 5.69 Å². The Kier molecular flexibility index (Phi) is 3.13. The molecule has 3 nitrogen and oxygen atoms in total. The van der Waals surface area contributed by atoms with Crippen molar-refractivity contribution in [2.24, 2.45) is 7.05 Å². The van der Waals surface area contributed by atoms with Crippen molar-refractivity contribution >= 4 is 0 Å². The summed E-state index contributed by atoms with van der Waals surface area (Å²) in [7, 11) is 1.45. The second kappa shape index (κ2) is 4.45. The number of rotatable bonds is 2. The predicted molar refractivity (Wildman–Crippen MR) is 59.6 cm³/mol. The number of halogens is 3. The summed E-state index contributed by atoms with van der Waals surface area (Å²) in [6.45, 7) is -0.139. The van der Waals surface area contributed by atoms with Gasteiger partial charge in [-0.25, -0.2) is 0 Å². The van der Waals surface area contributed by atoms with Gasteiger partial charge in [0.2, 0.25) is 0 Å². The Morgan fingerprint density at radius 3 is 2.33 bits per heavy atom. The van der Waals surface area contributed by atoms with Crippen molar-refractivity contribution in [3.8, 4) is 11.1 Å². The second-order valence-corrected chi connectivity index (χ2v) is 3.92. The largest absolute Gasteiger partial charge is 0.435 e. The van der Waals surface area contributed by atoms with Crippen LogP contribution < -0.4 is 0 Å². The fraction of sp³-hybridized carbons (Fsp3) is 0.250. The Morgan fingerprint density at radius 1 is 1.22 bits per heavy atom. The van der Waals surface area contributed by atoms with Gasteiger partial charge in [0.25, 0.3) is 0 Å². The molecule has 18 heavy (non-hydrogen) atoms. The van der Waals surface area contributed by atoms with Crippen LogP contribution in [0.5, 0.6) is 0 Å². The summed E-state index contributed by atoms with van der Waals surface area (Å²) in [4.78, 5) is 0. The highest BCUT2D eigenvalue weighted by molar-refractivity contribution is 5.66. The molecule has 0 aliphatic heterocycles. The topological polar surface area (TPSA) is 38.0 Å². The van der Waals surface area contributed by atoms with E-state index < -0.39 is 11.9 Å². The first-order valence-electron chi connectivity index (χ1n) is 5.23. The number of hydrogen-bond acceptors (Lipinski definition) is 2. The lowest BCUT2D eigenvalue weighted by Crippen LogP contribution is -2.08. The zero-order chi connectivity index (χ0) is 13.3. The Bertz CT molecular complexity index is 543. The third-order valence-corrected chi connectivity index (χ3v) is 2.54. The second-order valence-electron chi connectivity index (χ2n) is 3.92. The molecule has 0 unspecified atom stereocenters. The van der Waals surface area contributed by atoms with Gasteiger partial charge in [0, 0.05) is 18.8 Å². The first kappa shape index (κ1) is 12.6. The average molecular weight is 256 g/mol. The smallest absolute Gasteiger partial charge is 0.392 e. The molecule has 1 N–H and O–H groups in total. The van der Waals surface area contributed by atoms with Crippen molar-refractivity contribution in [1.29, 1.82) is 0 Å². The van der Waals surface area contributed by atoms with Gasteiger partial charge in [0.1, 0.15) is 0 Å². The minimum atomic E-state index is -4.48. The van der Waals surface area contributed by atoms with Crippen LogP contribution in [0.25, 0.3) is 11.1 Å². The summed E-state index contributed by atoms with van der Waals surface area (Å²) < 4.78 is 39.5. The molecule has 0 aliphatic rings. The third kappa shape index (κ3) is 2.38. The molecule has 0 atom stereocenters. The number of aryl methyl sites for hydroxylation is 1. The third-order valence-electron chi connectivity index (χ3n) is 2.54. The lowest BCUT2D eigenvalue weighted by Gasteiger charge is -2.06. The molecule has 0 bridgehead atoms. The van der Waals surface area contributed by atoms with E-state index in [0.717, 1.165) is 4.68 Å². The number of benzene rings is 1. The summed E-state index contributed by atoms with van der Waals surface area (Å²) in [5.41, 5.74) is 0.208. The van der Waals surface area contributed by atoms with Crippen LogP contribution in [0.1, 0.15) is 11.3 Å². The number of nitrogens with zero attached hydrogens (tertiary/aromatic N) is 2. The normalized spacial score (nSPS) is 11.8. The van der Waals surface area contributed by atoms with Crippen LogP contribution in [0.15, 0.2) is 30.5 Å². The van der Waals surface area contributed by atoms with Gasteiger partial charge < -0.3 is 5.11 Å². The maximum atomic E-state index is 12.8. The number of alkyl halides is 3. The van der Waals surface area contributed by atoms with E-state index in [-0.39, 0.29) is 12.2 Å². The lowest BCUT2D eigenvalue weighted by molar-refractivity contribution is -0.140.